The van der Waals surface area contributed by atoms with Crippen LogP contribution in [-0.4, -0.2) is 4.98 Å². The molecule has 0 aliphatic rings. The van der Waals surface area contributed by atoms with Gasteiger partial charge < -0.3 is 0 Å². The third kappa shape index (κ3) is 3.76. The quantitative estimate of drug-likeness (QED) is 0.502. The van der Waals surface area contributed by atoms with Gasteiger partial charge in [-0.05, 0) is 65.5 Å². The fourth-order valence-electron chi connectivity index (χ4n) is 3.22. The molecule has 25 heavy (non-hydrogen) atoms. The van der Waals surface area contributed by atoms with Crippen molar-refractivity contribution < 1.29 is 0 Å². The molecule has 0 saturated heterocycles. The Bertz CT molecular complexity index is 900. The molecule has 0 N–H and O–H groups in total. The summed E-state index contributed by atoms with van der Waals surface area (Å²) in [7, 11) is 0. The zero-order chi connectivity index (χ0) is 18.2. The maximum absolute atomic E-state index is 4.77. The minimum atomic E-state index is 0.142. The molecule has 1 heteroatoms. The van der Waals surface area contributed by atoms with Crippen LogP contribution in [-0.2, 0) is 5.41 Å². The van der Waals surface area contributed by atoms with Crippen LogP contribution in [0, 0.1) is 6.92 Å². The second-order valence-electron chi connectivity index (χ2n) is 8.32. The minimum Gasteiger partial charge on any atom is -0.256 e. The number of hydrogen-bond acceptors (Lipinski definition) is 1. The smallest absolute Gasteiger partial charge is 0.0708 e. The average molecular weight is 332 g/mol. The van der Waals surface area contributed by atoms with Crippen LogP contribution >= 0.6 is 0 Å². The Morgan fingerprint density at radius 2 is 1.72 bits per heavy atom. The van der Waals surface area contributed by atoms with Gasteiger partial charge in [0.25, 0.3) is 0 Å². The zero-order valence-corrected chi connectivity index (χ0v) is 16.4. The molecule has 0 bridgehead atoms. The molecule has 1 aromatic heterocycles. The van der Waals surface area contributed by atoms with E-state index in [1.165, 1.54) is 33.0 Å². The van der Waals surface area contributed by atoms with Gasteiger partial charge in [0, 0.05) is 17.1 Å². The monoisotopic (exact) mass is 331 g/mol. The van der Waals surface area contributed by atoms with E-state index >= 15 is 0 Å². The lowest BCUT2D eigenvalue weighted by Gasteiger charge is -2.21. The van der Waals surface area contributed by atoms with Crippen molar-refractivity contribution in [2.75, 3.05) is 0 Å². The molecule has 1 heterocycles. The number of fused-ring (bicyclic) bond motifs is 1. The van der Waals surface area contributed by atoms with E-state index in [0.29, 0.717) is 5.92 Å². The highest BCUT2D eigenvalue weighted by atomic mass is 14.7. The summed E-state index contributed by atoms with van der Waals surface area (Å²) in [6.07, 6.45) is 3.19. The number of hydrogen-bond donors (Lipinski definition) is 0. The molecule has 3 rings (SSSR count). The van der Waals surface area contributed by atoms with Crippen LogP contribution in [0.1, 0.15) is 63.6 Å². The number of aromatic nitrogens is 1. The van der Waals surface area contributed by atoms with Gasteiger partial charge in [-0.3, -0.25) is 4.98 Å². The Morgan fingerprint density at radius 3 is 2.40 bits per heavy atom. The Labute approximate surface area is 152 Å². The van der Waals surface area contributed by atoms with Crippen molar-refractivity contribution in [2.24, 2.45) is 0 Å². The van der Waals surface area contributed by atoms with Crippen LogP contribution in [0.25, 0.3) is 22.0 Å². The molecule has 1 unspecified atom stereocenters. The van der Waals surface area contributed by atoms with Gasteiger partial charge in [-0.1, -0.05) is 58.4 Å². The van der Waals surface area contributed by atoms with Crippen LogP contribution in [0.2, 0.25) is 0 Å². The first-order chi connectivity index (χ1) is 11.8. The third-order valence-corrected chi connectivity index (χ3v) is 5.17. The van der Waals surface area contributed by atoms with E-state index in [-0.39, 0.29) is 5.41 Å². The standard InChI is InChI=1S/C24H29N/c1-7-17(3)18-8-9-19-14-23(25-15-21(19)12-18)20-10-16(2)11-22(13-20)24(4,5)6/h8-15,17H,7H2,1-6H3. The van der Waals surface area contributed by atoms with E-state index in [4.69, 9.17) is 4.98 Å². The van der Waals surface area contributed by atoms with Gasteiger partial charge in [0.05, 0.1) is 5.69 Å². The number of pyridine rings is 1. The number of nitrogens with zero attached hydrogens (tertiary/aromatic N) is 1. The van der Waals surface area contributed by atoms with E-state index in [0.717, 1.165) is 12.1 Å². The van der Waals surface area contributed by atoms with Crippen LogP contribution in [0.4, 0.5) is 0 Å². The zero-order valence-electron chi connectivity index (χ0n) is 16.4. The van der Waals surface area contributed by atoms with Crippen molar-refractivity contribution in [1.29, 1.82) is 0 Å². The highest BCUT2D eigenvalue weighted by Crippen LogP contribution is 2.30. The van der Waals surface area contributed by atoms with E-state index < -0.39 is 0 Å². The summed E-state index contributed by atoms with van der Waals surface area (Å²) < 4.78 is 0. The minimum absolute atomic E-state index is 0.142. The first kappa shape index (κ1) is 17.7. The first-order valence-corrected chi connectivity index (χ1v) is 9.30. The molecule has 2 aromatic carbocycles. The third-order valence-electron chi connectivity index (χ3n) is 5.17. The largest absolute Gasteiger partial charge is 0.256 e. The molecule has 0 radical (unpaired) electrons. The molecule has 3 aromatic rings. The van der Waals surface area contributed by atoms with E-state index in [9.17, 15) is 0 Å². The summed E-state index contributed by atoms with van der Waals surface area (Å²) in [6.45, 7) is 13.5. The molecule has 130 valence electrons. The normalized spacial score (nSPS) is 13.2. The summed E-state index contributed by atoms with van der Waals surface area (Å²) in [5.41, 5.74) is 6.45. The average Bonchev–Trinajstić information content (AvgIpc) is 2.58. The molecule has 0 aliphatic carbocycles. The van der Waals surface area contributed by atoms with Crippen molar-refractivity contribution in [3.63, 3.8) is 0 Å². The van der Waals surface area contributed by atoms with Crippen LogP contribution in [0.3, 0.4) is 0 Å². The Morgan fingerprint density at radius 1 is 0.960 bits per heavy atom. The van der Waals surface area contributed by atoms with Gasteiger partial charge in [-0.15, -0.1) is 0 Å². The lowest BCUT2D eigenvalue weighted by Crippen LogP contribution is -2.11. The molecular formula is C24H29N. The molecule has 1 nitrogen and oxygen atoms in total. The second-order valence-corrected chi connectivity index (χ2v) is 8.32. The van der Waals surface area contributed by atoms with E-state index in [1.807, 2.05) is 6.20 Å². The molecule has 0 saturated carbocycles. The Hall–Kier alpha value is -2.15. The molecule has 0 amide bonds. The highest BCUT2D eigenvalue weighted by Gasteiger charge is 2.15. The summed E-state index contributed by atoms with van der Waals surface area (Å²) >= 11 is 0. The highest BCUT2D eigenvalue weighted by molar-refractivity contribution is 5.86. The van der Waals surface area contributed by atoms with Gasteiger partial charge in [-0.25, -0.2) is 0 Å². The first-order valence-electron chi connectivity index (χ1n) is 9.30. The van der Waals surface area contributed by atoms with Crippen LogP contribution in [0.15, 0.2) is 48.7 Å². The fourth-order valence-corrected chi connectivity index (χ4v) is 3.22. The lowest BCUT2D eigenvalue weighted by molar-refractivity contribution is 0.590. The van der Waals surface area contributed by atoms with Gasteiger partial charge in [0.2, 0.25) is 0 Å². The van der Waals surface area contributed by atoms with Gasteiger partial charge in [0.15, 0.2) is 0 Å². The van der Waals surface area contributed by atoms with Gasteiger partial charge in [0.1, 0.15) is 0 Å². The molecule has 0 fully saturated rings. The topological polar surface area (TPSA) is 12.9 Å². The van der Waals surface area contributed by atoms with Crippen molar-refractivity contribution in [3.05, 3.63) is 65.4 Å². The lowest BCUT2D eigenvalue weighted by atomic mass is 9.84. The number of benzene rings is 2. The predicted molar refractivity (Wildman–Crippen MR) is 109 cm³/mol. The SMILES string of the molecule is CCC(C)c1ccc2cc(-c3cc(C)cc(C(C)(C)C)c3)ncc2c1. The summed E-state index contributed by atoms with van der Waals surface area (Å²) in [5, 5.41) is 2.49. The number of rotatable bonds is 3. The van der Waals surface area contributed by atoms with Crippen molar-refractivity contribution in [1.82, 2.24) is 4.98 Å². The maximum atomic E-state index is 4.77. The van der Waals surface area contributed by atoms with Crippen LogP contribution in [0.5, 0.6) is 0 Å². The second kappa shape index (κ2) is 6.63. The molecular weight excluding hydrogens is 302 g/mol. The van der Waals surface area contributed by atoms with Crippen molar-refractivity contribution in [3.8, 4) is 11.3 Å². The van der Waals surface area contributed by atoms with Crippen LogP contribution < -0.4 is 0 Å². The molecule has 1 atom stereocenters. The fraction of sp³-hybridized carbons (Fsp3) is 0.375. The molecule has 0 aliphatic heterocycles. The van der Waals surface area contributed by atoms with Crippen molar-refractivity contribution in [2.45, 2.75) is 59.3 Å². The van der Waals surface area contributed by atoms with E-state index in [2.05, 4.69) is 84.0 Å². The molecule has 0 spiro atoms. The predicted octanol–water partition coefficient (Wildman–Crippen LogP) is 7.02. The van der Waals surface area contributed by atoms with Crippen molar-refractivity contribution >= 4 is 10.8 Å². The summed E-state index contributed by atoms with van der Waals surface area (Å²) in [5.74, 6) is 0.593. The van der Waals surface area contributed by atoms with Gasteiger partial charge in [-0.2, -0.15) is 0 Å². The maximum Gasteiger partial charge on any atom is 0.0708 e. The summed E-state index contributed by atoms with van der Waals surface area (Å²) in [6, 6.07) is 15.8. The Kier molecular flexibility index (Phi) is 4.69. The van der Waals surface area contributed by atoms with E-state index in [1.54, 1.807) is 0 Å². The summed E-state index contributed by atoms with van der Waals surface area (Å²) in [4.78, 5) is 4.77. The van der Waals surface area contributed by atoms with Gasteiger partial charge >= 0.3 is 0 Å². The number of aryl methyl sites for hydroxylation is 1. The Balaban J connectivity index is 2.07.